The normalized spacial score (nSPS) is 12.6. The van der Waals surface area contributed by atoms with Gasteiger partial charge in [0.25, 0.3) is 0 Å². The first-order valence-electron chi connectivity index (χ1n) is 6.83. The van der Waals surface area contributed by atoms with Crippen molar-refractivity contribution in [2.24, 2.45) is 11.5 Å². The Balaban J connectivity index is -0.00000162. The lowest BCUT2D eigenvalue weighted by Crippen LogP contribution is -2.37. The highest BCUT2D eigenvalue weighted by Gasteiger charge is 2.14. The lowest BCUT2D eigenvalue weighted by molar-refractivity contribution is -0.137. The Kier molecular flexibility index (Phi) is 17.4. The van der Waals surface area contributed by atoms with Gasteiger partial charge in [0.1, 0.15) is 0 Å². The second-order valence-corrected chi connectivity index (χ2v) is 5.16. The Bertz CT molecular complexity index is 278. The fraction of sp³-hybridized carbons (Fsp3) is 0.846. The van der Waals surface area contributed by atoms with Gasteiger partial charge in [-0.2, -0.15) is 0 Å². The topological polar surface area (TPSA) is 110 Å². The molecular formula is C13H29Cl2N3O3. The first-order chi connectivity index (χ1) is 8.82. The Morgan fingerprint density at radius 3 is 1.76 bits per heavy atom. The molecule has 2 unspecified atom stereocenters. The molecule has 0 saturated heterocycles. The van der Waals surface area contributed by atoms with E-state index in [-0.39, 0.29) is 55.6 Å². The van der Waals surface area contributed by atoms with Gasteiger partial charge in [0.2, 0.25) is 5.91 Å². The zero-order valence-corrected chi connectivity index (χ0v) is 14.4. The van der Waals surface area contributed by atoms with Crippen molar-refractivity contribution in [1.82, 2.24) is 4.90 Å². The lowest BCUT2D eigenvalue weighted by atomic mass is 10.1. The fourth-order valence-corrected chi connectivity index (χ4v) is 1.63. The number of halogens is 2. The first kappa shape index (κ1) is 25.4. The van der Waals surface area contributed by atoms with Crippen molar-refractivity contribution in [3.05, 3.63) is 0 Å². The number of aliphatic carboxylic acids is 1. The monoisotopic (exact) mass is 345 g/mol. The molecule has 2 atom stereocenters. The van der Waals surface area contributed by atoms with Crippen molar-refractivity contribution in [3.8, 4) is 0 Å². The SMILES string of the molecule is CC(N)CCN(CCC(C)N)C(=O)CCCC(=O)O.Cl.Cl. The van der Waals surface area contributed by atoms with E-state index < -0.39 is 5.97 Å². The molecule has 0 saturated carbocycles. The molecule has 8 heteroatoms. The highest BCUT2D eigenvalue weighted by Crippen LogP contribution is 2.05. The molecule has 0 aromatic rings. The quantitative estimate of drug-likeness (QED) is 0.554. The number of carbonyl (C=O) groups is 2. The Morgan fingerprint density at radius 2 is 1.43 bits per heavy atom. The number of carboxylic acid groups (broad SMARTS) is 1. The van der Waals surface area contributed by atoms with E-state index in [0.717, 1.165) is 12.8 Å². The van der Waals surface area contributed by atoms with E-state index in [2.05, 4.69) is 0 Å². The number of rotatable bonds is 10. The zero-order chi connectivity index (χ0) is 14.8. The highest BCUT2D eigenvalue weighted by molar-refractivity contribution is 5.85. The molecule has 0 aliphatic carbocycles. The van der Waals surface area contributed by atoms with Gasteiger partial charge in [-0.25, -0.2) is 0 Å². The number of carbonyl (C=O) groups excluding carboxylic acids is 1. The summed E-state index contributed by atoms with van der Waals surface area (Å²) in [5.74, 6) is -0.881. The van der Waals surface area contributed by atoms with Gasteiger partial charge in [0.05, 0.1) is 0 Å². The standard InChI is InChI=1S/C13H27N3O3.2ClH/c1-10(14)6-8-16(9-7-11(2)15)12(17)4-3-5-13(18)19;;/h10-11H,3-9,14-15H2,1-2H3,(H,18,19);2*1H. The molecule has 0 radical (unpaired) electrons. The minimum atomic E-state index is -0.870. The molecule has 5 N–H and O–H groups in total. The van der Waals surface area contributed by atoms with Gasteiger partial charge in [0, 0.05) is 38.0 Å². The molecule has 1 amide bonds. The van der Waals surface area contributed by atoms with E-state index in [1.807, 2.05) is 13.8 Å². The van der Waals surface area contributed by atoms with Crippen LogP contribution in [0.1, 0.15) is 46.0 Å². The second-order valence-electron chi connectivity index (χ2n) is 5.16. The molecule has 0 aromatic heterocycles. The molecule has 0 heterocycles. The molecule has 0 bridgehead atoms. The summed E-state index contributed by atoms with van der Waals surface area (Å²) in [5, 5.41) is 8.56. The largest absolute Gasteiger partial charge is 0.481 e. The maximum atomic E-state index is 12.0. The van der Waals surface area contributed by atoms with Gasteiger partial charge in [-0.05, 0) is 33.1 Å². The van der Waals surface area contributed by atoms with Gasteiger partial charge in [-0.3, -0.25) is 9.59 Å². The third-order valence-electron chi connectivity index (χ3n) is 2.84. The van der Waals surface area contributed by atoms with Crippen molar-refractivity contribution >= 4 is 36.7 Å². The predicted octanol–water partition coefficient (Wildman–Crippen LogP) is 1.39. The minimum absolute atomic E-state index is 0. The van der Waals surface area contributed by atoms with Crippen LogP contribution in [0.5, 0.6) is 0 Å². The minimum Gasteiger partial charge on any atom is -0.481 e. The number of amides is 1. The molecule has 6 nitrogen and oxygen atoms in total. The molecule has 0 aliphatic rings. The maximum absolute atomic E-state index is 12.0. The summed E-state index contributed by atoms with van der Waals surface area (Å²) in [7, 11) is 0. The third-order valence-corrected chi connectivity index (χ3v) is 2.84. The van der Waals surface area contributed by atoms with Gasteiger partial charge in [0.15, 0.2) is 0 Å². The van der Waals surface area contributed by atoms with Crippen LogP contribution >= 0.6 is 24.8 Å². The predicted molar refractivity (Wildman–Crippen MR) is 89.1 cm³/mol. The van der Waals surface area contributed by atoms with Crippen LogP contribution in [0.2, 0.25) is 0 Å². The molecule has 0 rings (SSSR count). The average Bonchev–Trinajstić information content (AvgIpc) is 2.27. The molecule has 0 aromatic carbocycles. The molecule has 0 spiro atoms. The number of carboxylic acids is 1. The van der Waals surface area contributed by atoms with Crippen LogP contribution < -0.4 is 11.5 Å². The average molecular weight is 346 g/mol. The van der Waals surface area contributed by atoms with Crippen molar-refractivity contribution in [2.75, 3.05) is 13.1 Å². The van der Waals surface area contributed by atoms with Crippen LogP contribution in [0.4, 0.5) is 0 Å². The number of hydrogen-bond acceptors (Lipinski definition) is 4. The van der Waals surface area contributed by atoms with E-state index >= 15 is 0 Å². The number of nitrogens with zero attached hydrogens (tertiary/aromatic N) is 1. The molecule has 21 heavy (non-hydrogen) atoms. The molecule has 128 valence electrons. The van der Waals surface area contributed by atoms with Crippen molar-refractivity contribution in [2.45, 2.75) is 58.0 Å². The Morgan fingerprint density at radius 1 is 1.00 bits per heavy atom. The summed E-state index contributed by atoms with van der Waals surface area (Å²) < 4.78 is 0. The highest BCUT2D eigenvalue weighted by atomic mass is 35.5. The van der Waals surface area contributed by atoms with E-state index in [1.165, 1.54) is 0 Å². The zero-order valence-electron chi connectivity index (χ0n) is 12.8. The fourth-order valence-electron chi connectivity index (χ4n) is 1.63. The third kappa shape index (κ3) is 15.6. The summed E-state index contributed by atoms with van der Waals surface area (Å²) >= 11 is 0. The lowest BCUT2D eigenvalue weighted by Gasteiger charge is -2.24. The van der Waals surface area contributed by atoms with Crippen LogP contribution in [0.15, 0.2) is 0 Å². The Hall–Kier alpha value is -0.560. The summed E-state index contributed by atoms with van der Waals surface area (Å²) in [6.45, 7) is 5.02. The van der Waals surface area contributed by atoms with Gasteiger partial charge >= 0.3 is 5.97 Å². The Labute approximate surface area is 139 Å². The van der Waals surface area contributed by atoms with Crippen LogP contribution in [0, 0.1) is 0 Å². The van der Waals surface area contributed by atoms with Gasteiger partial charge in [-0.1, -0.05) is 0 Å². The van der Waals surface area contributed by atoms with Crippen LogP contribution in [-0.4, -0.2) is 47.1 Å². The summed E-state index contributed by atoms with van der Waals surface area (Å²) in [4.78, 5) is 24.2. The summed E-state index contributed by atoms with van der Waals surface area (Å²) in [6.07, 6.45) is 2.15. The van der Waals surface area contributed by atoms with Crippen molar-refractivity contribution in [1.29, 1.82) is 0 Å². The van der Waals surface area contributed by atoms with E-state index in [9.17, 15) is 9.59 Å². The van der Waals surface area contributed by atoms with Crippen molar-refractivity contribution in [3.63, 3.8) is 0 Å². The number of nitrogens with two attached hydrogens (primary N) is 2. The van der Waals surface area contributed by atoms with Crippen LogP contribution in [0.25, 0.3) is 0 Å². The van der Waals surface area contributed by atoms with Gasteiger partial charge < -0.3 is 21.5 Å². The van der Waals surface area contributed by atoms with Crippen molar-refractivity contribution < 1.29 is 14.7 Å². The molecular weight excluding hydrogens is 317 g/mol. The van der Waals surface area contributed by atoms with Crippen LogP contribution in [0.3, 0.4) is 0 Å². The molecule has 0 aliphatic heterocycles. The first-order valence-corrected chi connectivity index (χ1v) is 6.83. The second kappa shape index (κ2) is 14.4. The maximum Gasteiger partial charge on any atom is 0.303 e. The summed E-state index contributed by atoms with van der Waals surface area (Å²) in [6, 6.07) is 0.0919. The van der Waals surface area contributed by atoms with E-state index in [0.29, 0.717) is 19.5 Å². The van der Waals surface area contributed by atoms with Gasteiger partial charge in [-0.15, -0.1) is 24.8 Å². The number of hydrogen-bond donors (Lipinski definition) is 3. The van der Waals surface area contributed by atoms with E-state index in [4.69, 9.17) is 16.6 Å². The smallest absolute Gasteiger partial charge is 0.303 e. The summed E-state index contributed by atoms with van der Waals surface area (Å²) in [5.41, 5.74) is 11.4. The molecule has 0 fully saturated rings. The van der Waals surface area contributed by atoms with E-state index in [1.54, 1.807) is 4.90 Å². The van der Waals surface area contributed by atoms with Crippen LogP contribution in [-0.2, 0) is 9.59 Å².